The number of nitrogens with zero attached hydrogens (tertiary/aromatic N) is 2. The molecule has 7 nitrogen and oxygen atoms in total. The minimum Gasteiger partial charge on any atom is -0.484 e. The molecule has 0 aliphatic carbocycles. The van der Waals surface area contributed by atoms with Crippen molar-refractivity contribution in [2.24, 2.45) is 0 Å². The van der Waals surface area contributed by atoms with Crippen molar-refractivity contribution in [3.8, 4) is 5.75 Å². The first-order valence-electron chi connectivity index (χ1n) is 9.37. The van der Waals surface area contributed by atoms with Crippen molar-refractivity contribution in [2.75, 3.05) is 29.9 Å². The highest BCUT2D eigenvalue weighted by Gasteiger charge is 2.32. The molecule has 0 aromatic heterocycles. The van der Waals surface area contributed by atoms with E-state index in [9.17, 15) is 28.1 Å². The number of alkyl halides is 3. The van der Waals surface area contributed by atoms with Crippen LogP contribution in [0.3, 0.4) is 0 Å². The fourth-order valence-corrected chi connectivity index (χ4v) is 3.22. The van der Waals surface area contributed by atoms with Gasteiger partial charge in [0, 0.05) is 25.2 Å². The highest BCUT2D eigenvalue weighted by atomic mass is 19.4. The fourth-order valence-electron chi connectivity index (χ4n) is 3.22. The molecule has 1 amide bonds. The summed E-state index contributed by atoms with van der Waals surface area (Å²) < 4.78 is 44.7. The number of benzene rings is 2. The Morgan fingerprint density at radius 1 is 1.10 bits per heavy atom. The molecular formula is C20H20F3N3O4. The van der Waals surface area contributed by atoms with Crippen molar-refractivity contribution in [2.45, 2.75) is 25.4 Å². The summed E-state index contributed by atoms with van der Waals surface area (Å²) in [5.41, 5.74) is -0.368. The van der Waals surface area contributed by atoms with Crippen molar-refractivity contribution in [1.82, 2.24) is 0 Å². The second-order valence-electron chi connectivity index (χ2n) is 6.87. The molecule has 1 aliphatic heterocycles. The Kier molecular flexibility index (Phi) is 6.43. The van der Waals surface area contributed by atoms with Gasteiger partial charge in [-0.1, -0.05) is 0 Å². The number of piperidine rings is 1. The maximum Gasteiger partial charge on any atom is 0.416 e. The van der Waals surface area contributed by atoms with Gasteiger partial charge in [0.15, 0.2) is 6.61 Å². The molecule has 3 rings (SSSR count). The van der Waals surface area contributed by atoms with E-state index in [1.54, 1.807) is 0 Å². The van der Waals surface area contributed by atoms with Crippen molar-refractivity contribution in [3.05, 3.63) is 58.1 Å². The van der Waals surface area contributed by atoms with Crippen LogP contribution in [0.1, 0.15) is 24.8 Å². The second-order valence-corrected chi connectivity index (χ2v) is 6.87. The lowest BCUT2D eigenvalue weighted by atomic mass is 10.1. The van der Waals surface area contributed by atoms with Crippen LogP contribution in [0.2, 0.25) is 0 Å². The van der Waals surface area contributed by atoms with Crippen LogP contribution >= 0.6 is 0 Å². The Labute approximate surface area is 170 Å². The third-order valence-corrected chi connectivity index (χ3v) is 4.71. The standard InChI is InChI=1S/C20H20F3N3O4/c21-20(22,23)14-4-9-18(25-10-2-1-3-11-25)17(12-14)24-19(27)13-30-16-7-5-15(6-8-16)26(28)29/h4-9,12H,1-3,10-11,13H2,(H,24,27). The molecule has 0 spiro atoms. The summed E-state index contributed by atoms with van der Waals surface area (Å²) in [6.07, 6.45) is -1.62. The summed E-state index contributed by atoms with van der Waals surface area (Å²) in [5, 5.41) is 13.2. The number of carbonyl (C=O) groups is 1. The first-order chi connectivity index (χ1) is 14.2. The van der Waals surface area contributed by atoms with Crippen LogP contribution in [0.4, 0.5) is 30.2 Å². The predicted molar refractivity (Wildman–Crippen MR) is 105 cm³/mol. The Morgan fingerprint density at radius 2 is 1.77 bits per heavy atom. The van der Waals surface area contributed by atoms with Crippen LogP contribution in [-0.4, -0.2) is 30.5 Å². The highest BCUT2D eigenvalue weighted by molar-refractivity contribution is 5.95. The third kappa shape index (κ3) is 5.40. The van der Waals surface area contributed by atoms with Crippen LogP contribution in [0, 0.1) is 10.1 Å². The van der Waals surface area contributed by atoms with E-state index >= 15 is 0 Å². The predicted octanol–water partition coefficient (Wildman–Crippen LogP) is 4.62. The molecule has 0 bridgehead atoms. The van der Waals surface area contributed by atoms with E-state index in [1.165, 1.54) is 30.3 Å². The third-order valence-electron chi connectivity index (χ3n) is 4.71. The van der Waals surface area contributed by atoms with Crippen molar-refractivity contribution in [3.63, 3.8) is 0 Å². The largest absolute Gasteiger partial charge is 0.484 e. The van der Waals surface area contributed by atoms with Gasteiger partial charge in [-0.2, -0.15) is 13.2 Å². The Balaban J connectivity index is 1.72. The van der Waals surface area contributed by atoms with E-state index in [2.05, 4.69) is 5.32 Å². The molecular weight excluding hydrogens is 403 g/mol. The number of halogens is 3. The zero-order chi connectivity index (χ0) is 21.7. The zero-order valence-corrected chi connectivity index (χ0v) is 15.9. The number of carbonyl (C=O) groups excluding carboxylic acids is 1. The van der Waals surface area contributed by atoms with E-state index in [1.807, 2.05) is 4.90 Å². The van der Waals surface area contributed by atoms with Gasteiger partial charge in [0.05, 0.1) is 21.9 Å². The Bertz CT molecular complexity index is 911. The van der Waals surface area contributed by atoms with Crippen LogP contribution in [0.5, 0.6) is 5.75 Å². The lowest BCUT2D eigenvalue weighted by molar-refractivity contribution is -0.384. The first-order valence-corrected chi connectivity index (χ1v) is 9.37. The highest BCUT2D eigenvalue weighted by Crippen LogP contribution is 2.36. The first kappa shape index (κ1) is 21.4. The summed E-state index contributed by atoms with van der Waals surface area (Å²) in [6.45, 7) is 0.953. The van der Waals surface area contributed by atoms with Gasteiger partial charge in [0.25, 0.3) is 11.6 Å². The van der Waals surface area contributed by atoms with E-state index in [0.717, 1.165) is 31.4 Å². The number of anilines is 2. The molecule has 1 fully saturated rings. The van der Waals surface area contributed by atoms with Gasteiger partial charge in [-0.3, -0.25) is 14.9 Å². The molecule has 2 aromatic rings. The maximum atomic E-state index is 13.1. The molecule has 0 atom stereocenters. The SMILES string of the molecule is O=C(COc1ccc([N+](=O)[O-])cc1)Nc1cc(C(F)(F)F)ccc1N1CCCCC1. The fraction of sp³-hybridized carbons (Fsp3) is 0.350. The van der Waals surface area contributed by atoms with Gasteiger partial charge >= 0.3 is 6.18 Å². The Morgan fingerprint density at radius 3 is 2.37 bits per heavy atom. The minimum atomic E-state index is -4.53. The quantitative estimate of drug-likeness (QED) is 0.541. The van der Waals surface area contributed by atoms with Gasteiger partial charge in [-0.15, -0.1) is 0 Å². The van der Waals surface area contributed by atoms with Gasteiger partial charge < -0.3 is 15.0 Å². The summed E-state index contributed by atoms with van der Waals surface area (Å²) in [5.74, 6) is -0.401. The lowest BCUT2D eigenvalue weighted by Crippen LogP contribution is -2.31. The maximum absolute atomic E-state index is 13.1. The van der Waals surface area contributed by atoms with Gasteiger partial charge in [0.1, 0.15) is 5.75 Å². The number of non-ortho nitro benzene ring substituents is 1. The molecule has 0 radical (unpaired) electrons. The topological polar surface area (TPSA) is 84.7 Å². The average molecular weight is 423 g/mol. The number of hydrogen-bond donors (Lipinski definition) is 1. The van der Waals surface area contributed by atoms with Crippen LogP contribution < -0.4 is 15.0 Å². The number of nitro benzene ring substituents is 1. The molecule has 0 saturated carbocycles. The smallest absolute Gasteiger partial charge is 0.416 e. The van der Waals surface area contributed by atoms with Crippen molar-refractivity contribution >= 4 is 23.0 Å². The molecule has 1 heterocycles. The monoisotopic (exact) mass is 423 g/mol. The van der Waals surface area contributed by atoms with Gasteiger partial charge in [0.2, 0.25) is 0 Å². The van der Waals surface area contributed by atoms with E-state index in [-0.39, 0.29) is 17.1 Å². The second kappa shape index (κ2) is 9.02. The number of rotatable bonds is 6. The molecule has 1 N–H and O–H groups in total. The van der Waals surface area contributed by atoms with E-state index in [4.69, 9.17) is 4.74 Å². The number of amides is 1. The van der Waals surface area contributed by atoms with Gasteiger partial charge in [-0.05, 0) is 49.6 Å². The van der Waals surface area contributed by atoms with Gasteiger partial charge in [-0.25, -0.2) is 0 Å². The molecule has 1 aliphatic rings. The molecule has 0 unspecified atom stereocenters. The summed E-state index contributed by atoms with van der Waals surface area (Å²) >= 11 is 0. The van der Waals surface area contributed by atoms with Crippen LogP contribution in [0.15, 0.2) is 42.5 Å². The van der Waals surface area contributed by atoms with Crippen LogP contribution in [0.25, 0.3) is 0 Å². The van der Waals surface area contributed by atoms with Crippen molar-refractivity contribution < 1.29 is 27.6 Å². The average Bonchev–Trinajstić information content (AvgIpc) is 2.72. The molecule has 160 valence electrons. The number of hydrogen-bond acceptors (Lipinski definition) is 5. The molecule has 30 heavy (non-hydrogen) atoms. The van der Waals surface area contributed by atoms with Crippen molar-refractivity contribution in [1.29, 1.82) is 0 Å². The number of ether oxygens (including phenoxy) is 1. The lowest BCUT2D eigenvalue weighted by Gasteiger charge is -2.31. The Hall–Kier alpha value is -3.30. The number of nitrogens with one attached hydrogen (secondary N) is 1. The zero-order valence-electron chi connectivity index (χ0n) is 15.9. The molecule has 10 heteroatoms. The summed E-state index contributed by atoms with van der Waals surface area (Å²) in [7, 11) is 0. The minimum absolute atomic E-state index is 0.0732. The summed E-state index contributed by atoms with van der Waals surface area (Å²) in [6, 6.07) is 8.45. The molecule has 2 aromatic carbocycles. The molecule has 1 saturated heterocycles. The normalized spacial score (nSPS) is 14.3. The number of nitro groups is 1. The van der Waals surface area contributed by atoms with Crippen LogP contribution in [-0.2, 0) is 11.0 Å². The van der Waals surface area contributed by atoms with E-state index in [0.29, 0.717) is 18.8 Å². The summed E-state index contributed by atoms with van der Waals surface area (Å²) in [4.78, 5) is 24.4. The van der Waals surface area contributed by atoms with E-state index < -0.39 is 29.2 Å².